The molecular formula is C9H9BrN2. The summed E-state index contributed by atoms with van der Waals surface area (Å²) in [6.07, 6.45) is 1.81. The third kappa shape index (κ3) is 0.966. The normalized spacial score (nSPS) is 10.9. The van der Waals surface area contributed by atoms with Gasteiger partial charge in [0.15, 0.2) is 0 Å². The minimum absolute atomic E-state index is 1.10. The van der Waals surface area contributed by atoms with E-state index in [-0.39, 0.29) is 0 Å². The van der Waals surface area contributed by atoms with E-state index in [2.05, 4.69) is 40.9 Å². The molecule has 0 amide bonds. The number of hydrogen-bond donors (Lipinski definition) is 0. The molecule has 0 bridgehead atoms. The number of nitrogens with zero attached hydrogens (tertiary/aromatic N) is 2. The quantitative estimate of drug-likeness (QED) is 0.673. The summed E-state index contributed by atoms with van der Waals surface area (Å²) < 4.78 is 3.04. The lowest BCUT2D eigenvalue weighted by molar-refractivity contribution is 0.900. The van der Waals surface area contributed by atoms with Crippen molar-refractivity contribution < 1.29 is 0 Å². The average Bonchev–Trinajstić information content (AvgIpc) is 2.48. The Morgan fingerprint density at radius 1 is 1.42 bits per heavy atom. The first-order chi connectivity index (χ1) is 5.70. The molecule has 2 heterocycles. The molecule has 0 aromatic carbocycles. The van der Waals surface area contributed by atoms with E-state index in [1.54, 1.807) is 0 Å². The molecule has 2 aromatic rings. The summed E-state index contributed by atoms with van der Waals surface area (Å²) >= 11 is 3.50. The molecule has 0 aliphatic carbocycles. The predicted octanol–water partition coefficient (Wildman–Crippen LogP) is 2.71. The Kier molecular flexibility index (Phi) is 1.68. The summed E-state index contributed by atoms with van der Waals surface area (Å²) in [6.45, 7) is 4.16. The Morgan fingerprint density at radius 3 is 2.92 bits per heavy atom. The molecular weight excluding hydrogens is 216 g/mol. The lowest BCUT2D eigenvalue weighted by Gasteiger charge is -2.04. The van der Waals surface area contributed by atoms with Crippen LogP contribution in [0.2, 0.25) is 0 Å². The van der Waals surface area contributed by atoms with Crippen LogP contribution in [0, 0.1) is 13.8 Å². The topological polar surface area (TPSA) is 17.3 Å². The van der Waals surface area contributed by atoms with Crippen molar-refractivity contribution in [3.63, 3.8) is 0 Å². The molecule has 12 heavy (non-hydrogen) atoms. The number of rotatable bonds is 0. The van der Waals surface area contributed by atoms with Crippen molar-refractivity contribution in [3.8, 4) is 0 Å². The van der Waals surface area contributed by atoms with Crippen molar-refractivity contribution in [2.24, 2.45) is 0 Å². The maximum atomic E-state index is 4.23. The number of pyridine rings is 1. The fraction of sp³-hybridized carbons (Fsp3) is 0.222. The van der Waals surface area contributed by atoms with Crippen LogP contribution in [0.5, 0.6) is 0 Å². The number of aromatic nitrogens is 2. The molecule has 0 unspecified atom stereocenters. The molecule has 2 nitrogen and oxygen atoms in total. The zero-order valence-electron chi connectivity index (χ0n) is 7.00. The van der Waals surface area contributed by atoms with Crippen molar-refractivity contribution in [2.75, 3.05) is 0 Å². The minimum atomic E-state index is 1.10. The third-order valence-corrected chi connectivity index (χ3v) is 2.75. The van der Waals surface area contributed by atoms with Gasteiger partial charge in [0, 0.05) is 10.2 Å². The molecule has 3 heteroatoms. The largest absolute Gasteiger partial charge is 0.237 e. The number of hydrogen-bond acceptors (Lipinski definition) is 1. The summed E-state index contributed by atoms with van der Waals surface area (Å²) in [5.41, 5.74) is 3.56. The van der Waals surface area contributed by atoms with E-state index in [1.807, 2.05) is 16.8 Å². The molecule has 0 aliphatic rings. The Labute approximate surface area is 79.3 Å². The lowest BCUT2D eigenvalue weighted by atomic mass is 10.2. The van der Waals surface area contributed by atoms with Gasteiger partial charge >= 0.3 is 0 Å². The zero-order chi connectivity index (χ0) is 8.72. The van der Waals surface area contributed by atoms with E-state index in [1.165, 1.54) is 11.3 Å². The molecule has 0 saturated carbocycles. The van der Waals surface area contributed by atoms with Crippen LogP contribution < -0.4 is 0 Å². The Hall–Kier alpha value is -0.830. The van der Waals surface area contributed by atoms with Crippen LogP contribution in [-0.2, 0) is 0 Å². The van der Waals surface area contributed by atoms with E-state index in [0.717, 1.165) is 9.99 Å². The van der Waals surface area contributed by atoms with Gasteiger partial charge in [0.2, 0.25) is 0 Å². The van der Waals surface area contributed by atoms with Crippen LogP contribution in [-0.4, -0.2) is 9.61 Å². The Bertz CT molecular complexity index is 431. The summed E-state index contributed by atoms with van der Waals surface area (Å²) in [5.74, 6) is 0. The van der Waals surface area contributed by atoms with E-state index >= 15 is 0 Å². The second kappa shape index (κ2) is 2.59. The lowest BCUT2D eigenvalue weighted by Crippen LogP contribution is -1.96. The third-order valence-electron chi connectivity index (χ3n) is 2.12. The first kappa shape index (κ1) is 7.80. The van der Waals surface area contributed by atoms with Crippen LogP contribution in [0.3, 0.4) is 0 Å². The number of aryl methyl sites for hydroxylation is 2. The van der Waals surface area contributed by atoms with Crippen molar-refractivity contribution in [2.45, 2.75) is 13.8 Å². The van der Waals surface area contributed by atoms with Crippen molar-refractivity contribution in [1.29, 1.82) is 0 Å². The monoisotopic (exact) mass is 224 g/mol. The first-order valence-electron chi connectivity index (χ1n) is 3.79. The van der Waals surface area contributed by atoms with Crippen molar-refractivity contribution >= 4 is 21.4 Å². The van der Waals surface area contributed by atoms with Crippen LogP contribution in [0.4, 0.5) is 0 Å². The predicted molar refractivity (Wildman–Crippen MR) is 52.4 cm³/mol. The van der Waals surface area contributed by atoms with Crippen molar-refractivity contribution in [1.82, 2.24) is 9.61 Å². The fourth-order valence-corrected chi connectivity index (χ4v) is 1.93. The molecule has 62 valence electrons. The van der Waals surface area contributed by atoms with Crippen LogP contribution in [0.15, 0.2) is 22.8 Å². The molecule has 0 spiro atoms. The second-order valence-electron chi connectivity index (χ2n) is 2.89. The highest BCUT2D eigenvalue weighted by molar-refractivity contribution is 9.10. The van der Waals surface area contributed by atoms with E-state index in [0.29, 0.717) is 0 Å². The average molecular weight is 225 g/mol. The molecule has 0 N–H and O–H groups in total. The van der Waals surface area contributed by atoms with Gasteiger partial charge in [-0.15, -0.1) is 0 Å². The molecule has 2 aromatic heterocycles. The standard InChI is InChI=1S/C9H9BrN2/c1-6-5-8(10)9-3-4-11-12(9)7(6)2/h3-5H,1-2H3. The molecule has 0 aliphatic heterocycles. The first-order valence-corrected chi connectivity index (χ1v) is 4.59. The van der Waals surface area contributed by atoms with E-state index in [4.69, 9.17) is 0 Å². The highest BCUT2D eigenvalue weighted by Crippen LogP contribution is 2.21. The van der Waals surface area contributed by atoms with Gasteiger partial charge < -0.3 is 0 Å². The van der Waals surface area contributed by atoms with Crippen LogP contribution in [0.1, 0.15) is 11.3 Å². The van der Waals surface area contributed by atoms with Gasteiger partial charge in [0.25, 0.3) is 0 Å². The molecule has 0 atom stereocenters. The number of halogens is 1. The van der Waals surface area contributed by atoms with E-state index in [9.17, 15) is 0 Å². The fourth-order valence-electron chi connectivity index (χ4n) is 1.29. The Balaban J connectivity index is 2.97. The van der Waals surface area contributed by atoms with Gasteiger partial charge in [-0.3, -0.25) is 0 Å². The highest BCUT2D eigenvalue weighted by Gasteiger charge is 2.03. The van der Waals surface area contributed by atoms with Gasteiger partial charge in [-0.1, -0.05) is 0 Å². The van der Waals surface area contributed by atoms with Crippen molar-refractivity contribution in [3.05, 3.63) is 34.1 Å². The minimum Gasteiger partial charge on any atom is -0.237 e. The highest BCUT2D eigenvalue weighted by atomic mass is 79.9. The summed E-state index contributed by atoms with van der Waals surface area (Å²) in [4.78, 5) is 0. The molecule has 0 fully saturated rings. The van der Waals surface area contributed by atoms with Gasteiger partial charge in [0.1, 0.15) is 0 Å². The molecule has 0 saturated heterocycles. The maximum absolute atomic E-state index is 4.23. The smallest absolute Gasteiger partial charge is 0.0806 e. The van der Waals surface area contributed by atoms with Gasteiger partial charge in [-0.2, -0.15) is 5.10 Å². The van der Waals surface area contributed by atoms with E-state index < -0.39 is 0 Å². The Morgan fingerprint density at radius 2 is 2.17 bits per heavy atom. The number of fused-ring (bicyclic) bond motifs is 1. The summed E-state index contributed by atoms with van der Waals surface area (Å²) in [5, 5.41) is 4.23. The summed E-state index contributed by atoms with van der Waals surface area (Å²) in [6, 6.07) is 4.11. The maximum Gasteiger partial charge on any atom is 0.0806 e. The SMILES string of the molecule is Cc1cc(Br)c2ccnn2c1C. The van der Waals surface area contributed by atoms with Gasteiger partial charge in [-0.05, 0) is 47.5 Å². The molecule has 2 rings (SSSR count). The summed E-state index contributed by atoms with van der Waals surface area (Å²) in [7, 11) is 0. The van der Waals surface area contributed by atoms with Crippen LogP contribution >= 0.6 is 15.9 Å². The van der Waals surface area contributed by atoms with Gasteiger partial charge in [-0.25, -0.2) is 4.52 Å². The zero-order valence-corrected chi connectivity index (χ0v) is 8.59. The molecule has 0 radical (unpaired) electrons. The van der Waals surface area contributed by atoms with Gasteiger partial charge in [0.05, 0.1) is 11.7 Å². The second-order valence-corrected chi connectivity index (χ2v) is 3.74. The van der Waals surface area contributed by atoms with Crippen LogP contribution in [0.25, 0.3) is 5.52 Å².